The van der Waals surface area contributed by atoms with Gasteiger partial charge in [0.25, 0.3) is 0 Å². The summed E-state index contributed by atoms with van der Waals surface area (Å²) in [6.07, 6.45) is -4.67. The van der Waals surface area contributed by atoms with Gasteiger partial charge in [0.1, 0.15) is 0 Å². The van der Waals surface area contributed by atoms with Crippen molar-refractivity contribution in [1.82, 2.24) is 15.0 Å². The van der Waals surface area contributed by atoms with Crippen LogP contribution >= 0.6 is 0 Å². The van der Waals surface area contributed by atoms with Gasteiger partial charge in [0.15, 0.2) is 0 Å². The van der Waals surface area contributed by atoms with Crippen LogP contribution in [0.2, 0.25) is 0 Å². The van der Waals surface area contributed by atoms with E-state index in [0.717, 1.165) is 5.56 Å². The van der Waals surface area contributed by atoms with Crippen LogP contribution in [0.3, 0.4) is 0 Å². The standard InChI is InChI=1S/C16H16F3N3O3/c1-15(8-24-9-15)14(23)22(2)7-10-3-5-11(6-4-10)12-20-13(25-21-12)16(17,18)19/h3-6H,7-9H2,1-2H3. The van der Waals surface area contributed by atoms with Crippen molar-refractivity contribution in [2.75, 3.05) is 20.3 Å². The number of amides is 1. The molecule has 1 aromatic heterocycles. The molecule has 6 nitrogen and oxygen atoms in total. The highest BCUT2D eigenvalue weighted by Crippen LogP contribution is 2.30. The number of benzene rings is 1. The van der Waals surface area contributed by atoms with Crippen LogP contribution in [-0.4, -0.2) is 41.2 Å². The Kier molecular flexibility index (Phi) is 4.28. The first-order valence-electron chi connectivity index (χ1n) is 7.53. The van der Waals surface area contributed by atoms with E-state index in [0.29, 0.717) is 25.3 Å². The van der Waals surface area contributed by atoms with Gasteiger partial charge in [-0.25, -0.2) is 0 Å². The molecule has 2 aromatic rings. The second-order valence-corrected chi connectivity index (χ2v) is 6.33. The molecule has 0 aliphatic carbocycles. The third-order valence-electron chi connectivity index (χ3n) is 4.00. The summed E-state index contributed by atoms with van der Waals surface area (Å²) in [5, 5.41) is 3.34. The summed E-state index contributed by atoms with van der Waals surface area (Å²) < 4.78 is 46.8. The summed E-state index contributed by atoms with van der Waals surface area (Å²) in [6.45, 7) is 3.06. The summed E-state index contributed by atoms with van der Waals surface area (Å²) >= 11 is 0. The molecule has 1 fully saturated rings. The lowest BCUT2D eigenvalue weighted by Gasteiger charge is -2.39. The number of carbonyl (C=O) groups excluding carboxylic acids is 1. The maximum atomic E-state index is 12.5. The Hall–Kier alpha value is -2.42. The maximum Gasteiger partial charge on any atom is 0.471 e. The molecular weight excluding hydrogens is 339 g/mol. The highest BCUT2D eigenvalue weighted by atomic mass is 19.4. The fourth-order valence-corrected chi connectivity index (χ4v) is 2.55. The van der Waals surface area contributed by atoms with Crippen LogP contribution in [0.15, 0.2) is 28.8 Å². The normalized spacial score (nSPS) is 16.4. The van der Waals surface area contributed by atoms with Gasteiger partial charge >= 0.3 is 12.1 Å². The predicted molar refractivity (Wildman–Crippen MR) is 80.1 cm³/mol. The average Bonchev–Trinajstić information content (AvgIpc) is 3.02. The molecule has 9 heteroatoms. The molecule has 1 saturated heterocycles. The van der Waals surface area contributed by atoms with Gasteiger partial charge in [-0.15, -0.1) is 0 Å². The van der Waals surface area contributed by atoms with E-state index in [4.69, 9.17) is 4.74 Å². The highest BCUT2D eigenvalue weighted by Gasteiger charge is 2.42. The molecule has 3 rings (SSSR count). The van der Waals surface area contributed by atoms with Gasteiger partial charge in [-0.3, -0.25) is 4.79 Å². The smallest absolute Gasteiger partial charge is 0.379 e. The Morgan fingerprint density at radius 2 is 1.92 bits per heavy atom. The van der Waals surface area contributed by atoms with Gasteiger partial charge in [0.2, 0.25) is 11.7 Å². The number of carbonyl (C=O) groups is 1. The Labute approximate surface area is 141 Å². The molecule has 0 spiro atoms. The molecule has 1 aliphatic rings. The van der Waals surface area contributed by atoms with Crippen molar-refractivity contribution in [3.63, 3.8) is 0 Å². The van der Waals surface area contributed by atoms with E-state index in [-0.39, 0.29) is 11.7 Å². The summed E-state index contributed by atoms with van der Waals surface area (Å²) in [5.41, 5.74) is 0.757. The Bertz CT molecular complexity index is 767. The molecule has 25 heavy (non-hydrogen) atoms. The summed E-state index contributed by atoms with van der Waals surface area (Å²) in [6, 6.07) is 6.60. The highest BCUT2D eigenvalue weighted by molar-refractivity contribution is 5.83. The van der Waals surface area contributed by atoms with Crippen LogP contribution in [-0.2, 0) is 22.3 Å². The van der Waals surface area contributed by atoms with E-state index in [1.54, 1.807) is 36.2 Å². The van der Waals surface area contributed by atoms with Crippen molar-refractivity contribution in [2.24, 2.45) is 5.41 Å². The first kappa shape index (κ1) is 17.4. The van der Waals surface area contributed by atoms with E-state index in [1.807, 2.05) is 6.92 Å². The maximum absolute atomic E-state index is 12.5. The Morgan fingerprint density at radius 1 is 1.28 bits per heavy atom. The molecule has 0 N–H and O–H groups in total. The van der Waals surface area contributed by atoms with E-state index >= 15 is 0 Å². The van der Waals surface area contributed by atoms with Crippen LogP contribution in [0.5, 0.6) is 0 Å². The van der Waals surface area contributed by atoms with Crippen molar-refractivity contribution in [1.29, 1.82) is 0 Å². The Balaban J connectivity index is 1.68. The van der Waals surface area contributed by atoms with Gasteiger partial charge in [-0.05, 0) is 12.5 Å². The molecule has 0 atom stereocenters. The number of ether oxygens (including phenoxy) is 1. The minimum Gasteiger partial charge on any atom is -0.379 e. The lowest BCUT2D eigenvalue weighted by atomic mass is 9.87. The zero-order valence-corrected chi connectivity index (χ0v) is 13.6. The lowest BCUT2D eigenvalue weighted by Crippen LogP contribution is -2.52. The second kappa shape index (κ2) is 6.14. The molecule has 0 bridgehead atoms. The predicted octanol–water partition coefficient (Wildman–Crippen LogP) is 2.75. The summed E-state index contributed by atoms with van der Waals surface area (Å²) in [4.78, 5) is 17.3. The molecule has 2 heterocycles. The van der Waals surface area contributed by atoms with Crippen LogP contribution in [0, 0.1) is 5.41 Å². The zero-order chi connectivity index (χ0) is 18.2. The largest absolute Gasteiger partial charge is 0.471 e. The number of hydrogen-bond acceptors (Lipinski definition) is 5. The fourth-order valence-electron chi connectivity index (χ4n) is 2.55. The molecule has 0 unspecified atom stereocenters. The monoisotopic (exact) mass is 355 g/mol. The van der Waals surface area contributed by atoms with Gasteiger partial charge in [0.05, 0.1) is 18.6 Å². The summed E-state index contributed by atoms with van der Waals surface area (Å²) in [5.74, 6) is -1.52. The minimum absolute atomic E-state index is 0.00388. The van der Waals surface area contributed by atoms with Crippen molar-refractivity contribution in [3.8, 4) is 11.4 Å². The quantitative estimate of drug-likeness (QED) is 0.844. The SMILES string of the molecule is CN(Cc1ccc(-c2noc(C(F)(F)F)n2)cc1)C(=O)C1(C)COC1. The van der Waals surface area contributed by atoms with Gasteiger partial charge in [0, 0.05) is 19.2 Å². The van der Waals surface area contributed by atoms with Crippen molar-refractivity contribution in [2.45, 2.75) is 19.6 Å². The fraction of sp³-hybridized carbons (Fsp3) is 0.438. The van der Waals surface area contributed by atoms with Crippen molar-refractivity contribution >= 4 is 5.91 Å². The molecule has 1 aromatic carbocycles. The lowest BCUT2D eigenvalue weighted by molar-refractivity contribution is -0.168. The molecule has 1 aliphatic heterocycles. The number of rotatable bonds is 4. The Morgan fingerprint density at radius 3 is 2.40 bits per heavy atom. The first-order valence-corrected chi connectivity index (χ1v) is 7.53. The van der Waals surface area contributed by atoms with Crippen LogP contribution in [0.1, 0.15) is 18.4 Å². The molecule has 0 radical (unpaired) electrons. The second-order valence-electron chi connectivity index (χ2n) is 6.33. The topological polar surface area (TPSA) is 68.5 Å². The van der Waals surface area contributed by atoms with E-state index in [2.05, 4.69) is 14.7 Å². The van der Waals surface area contributed by atoms with Gasteiger partial charge in [-0.2, -0.15) is 18.2 Å². The van der Waals surface area contributed by atoms with Gasteiger partial charge < -0.3 is 14.2 Å². The van der Waals surface area contributed by atoms with E-state index < -0.39 is 17.5 Å². The molecule has 0 saturated carbocycles. The van der Waals surface area contributed by atoms with E-state index in [9.17, 15) is 18.0 Å². The van der Waals surface area contributed by atoms with Crippen LogP contribution in [0.25, 0.3) is 11.4 Å². The summed E-state index contributed by atoms with van der Waals surface area (Å²) in [7, 11) is 1.70. The van der Waals surface area contributed by atoms with E-state index in [1.165, 1.54) is 0 Å². The van der Waals surface area contributed by atoms with Gasteiger partial charge in [-0.1, -0.05) is 29.4 Å². The first-order chi connectivity index (χ1) is 11.7. The molecule has 1 amide bonds. The number of nitrogens with zero attached hydrogens (tertiary/aromatic N) is 3. The number of aromatic nitrogens is 2. The number of alkyl halides is 3. The minimum atomic E-state index is -4.67. The molecule has 134 valence electrons. The number of halogens is 3. The van der Waals surface area contributed by atoms with Crippen molar-refractivity contribution in [3.05, 3.63) is 35.7 Å². The zero-order valence-electron chi connectivity index (χ0n) is 13.6. The van der Waals surface area contributed by atoms with Crippen LogP contribution in [0.4, 0.5) is 13.2 Å². The third-order valence-corrected chi connectivity index (χ3v) is 4.00. The van der Waals surface area contributed by atoms with Crippen LogP contribution < -0.4 is 0 Å². The molecular formula is C16H16F3N3O3. The number of hydrogen-bond donors (Lipinski definition) is 0. The average molecular weight is 355 g/mol. The van der Waals surface area contributed by atoms with Crippen molar-refractivity contribution < 1.29 is 27.2 Å². The third kappa shape index (κ3) is 3.51.